The molecule has 5 saturated carbocycles. The van der Waals surface area contributed by atoms with Gasteiger partial charge in [0.2, 0.25) is 0 Å². The highest BCUT2D eigenvalue weighted by atomic mass is 16.3. The summed E-state index contributed by atoms with van der Waals surface area (Å²) in [4.78, 5) is 0. The van der Waals surface area contributed by atoms with E-state index in [-0.39, 0.29) is 6.10 Å². The topological polar surface area (TPSA) is 20.2 Å². The van der Waals surface area contributed by atoms with E-state index in [0.717, 1.165) is 41.4 Å². The lowest BCUT2D eigenvalue weighted by Gasteiger charge is -2.62. The highest BCUT2D eigenvalue weighted by Crippen LogP contribution is 2.82. The van der Waals surface area contributed by atoms with E-state index in [1.165, 1.54) is 64.2 Å². The van der Waals surface area contributed by atoms with Gasteiger partial charge in [-0.05, 0) is 103 Å². The zero-order valence-electron chi connectivity index (χ0n) is 20.2. The molecule has 11 atom stereocenters. The van der Waals surface area contributed by atoms with Crippen molar-refractivity contribution in [2.24, 2.45) is 63.6 Å². The molecule has 0 unspecified atom stereocenters. The molecule has 0 heterocycles. The SMILES string of the molecule is CC(C)CCC[C@@H](C)[C@H]1CC[C@H]2[C@@H]3[C@@H](C)[C@@H](O)[C@]45C[C@@H]4CC[C@]5(C)[C@H]3CC[C@]12C. The summed E-state index contributed by atoms with van der Waals surface area (Å²) in [6, 6.07) is 0. The van der Waals surface area contributed by atoms with E-state index in [4.69, 9.17) is 0 Å². The van der Waals surface area contributed by atoms with Gasteiger partial charge in [-0.1, -0.05) is 60.8 Å². The first-order valence-electron chi connectivity index (χ1n) is 13.3. The molecule has 0 bridgehead atoms. The molecule has 0 saturated heterocycles. The summed E-state index contributed by atoms with van der Waals surface area (Å²) >= 11 is 0. The molecule has 166 valence electrons. The van der Waals surface area contributed by atoms with Crippen molar-refractivity contribution in [3.63, 3.8) is 0 Å². The van der Waals surface area contributed by atoms with Crippen molar-refractivity contribution in [1.29, 1.82) is 0 Å². The van der Waals surface area contributed by atoms with Crippen molar-refractivity contribution in [1.82, 2.24) is 0 Å². The van der Waals surface area contributed by atoms with Gasteiger partial charge in [-0.3, -0.25) is 0 Å². The molecule has 1 N–H and O–H groups in total. The lowest BCUT2D eigenvalue weighted by molar-refractivity contribution is -0.182. The molecule has 29 heavy (non-hydrogen) atoms. The van der Waals surface area contributed by atoms with Gasteiger partial charge in [-0.25, -0.2) is 0 Å². The summed E-state index contributed by atoms with van der Waals surface area (Å²) in [5.41, 5.74) is 1.30. The van der Waals surface area contributed by atoms with Crippen molar-refractivity contribution >= 4 is 0 Å². The Morgan fingerprint density at radius 3 is 2.38 bits per heavy atom. The van der Waals surface area contributed by atoms with Crippen LogP contribution in [-0.4, -0.2) is 11.2 Å². The maximum Gasteiger partial charge on any atom is 0.0632 e. The molecule has 1 nitrogen and oxygen atoms in total. The third-order valence-electron chi connectivity index (χ3n) is 12.2. The zero-order chi connectivity index (χ0) is 20.8. The van der Waals surface area contributed by atoms with Gasteiger partial charge in [0, 0.05) is 5.41 Å². The summed E-state index contributed by atoms with van der Waals surface area (Å²) in [7, 11) is 0. The minimum Gasteiger partial charge on any atom is -0.392 e. The Morgan fingerprint density at radius 2 is 1.69 bits per heavy atom. The smallest absolute Gasteiger partial charge is 0.0632 e. The molecule has 5 rings (SSSR count). The monoisotopic (exact) mass is 400 g/mol. The molecule has 0 aromatic heterocycles. The summed E-state index contributed by atoms with van der Waals surface area (Å²) < 4.78 is 0. The van der Waals surface area contributed by atoms with Gasteiger partial charge >= 0.3 is 0 Å². The Morgan fingerprint density at radius 1 is 0.931 bits per heavy atom. The molecular weight excluding hydrogens is 352 g/mol. The standard InChI is InChI=1S/C28H48O/c1-17(2)8-7-9-18(3)21-10-11-22-24-19(4)25(29)28-16-20(28)12-15-27(28,6)23(24)13-14-26(21,22)5/h17-25,29H,7-16H2,1-6H3/t18-,19-,20+,21-,22+,23+,24+,25-,26-,27-,28+/m1/s1. The number of aliphatic hydroxyl groups excluding tert-OH is 1. The molecule has 5 fully saturated rings. The first-order valence-corrected chi connectivity index (χ1v) is 13.3. The van der Waals surface area contributed by atoms with Crippen LogP contribution in [0.3, 0.4) is 0 Å². The molecule has 5 aliphatic carbocycles. The highest BCUT2D eigenvalue weighted by Gasteiger charge is 2.78. The third-order valence-corrected chi connectivity index (χ3v) is 12.2. The van der Waals surface area contributed by atoms with Crippen LogP contribution in [0.2, 0.25) is 0 Å². The van der Waals surface area contributed by atoms with E-state index < -0.39 is 0 Å². The van der Waals surface area contributed by atoms with Crippen molar-refractivity contribution in [3.05, 3.63) is 0 Å². The first kappa shape index (κ1) is 20.8. The van der Waals surface area contributed by atoms with Crippen LogP contribution in [0, 0.1) is 63.6 Å². The summed E-state index contributed by atoms with van der Waals surface area (Å²) in [5, 5.41) is 11.6. The summed E-state index contributed by atoms with van der Waals surface area (Å²) in [6.45, 7) is 15.1. The van der Waals surface area contributed by atoms with Crippen LogP contribution < -0.4 is 0 Å². The Labute approximate surface area is 180 Å². The van der Waals surface area contributed by atoms with Crippen LogP contribution in [0.5, 0.6) is 0 Å². The Balaban J connectivity index is 1.38. The van der Waals surface area contributed by atoms with Gasteiger partial charge in [0.25, 0.3) is 0 Å². The quantitative estimate of drug-likeness (QED) is 0.512. The molecule has 5 aliphatic rings. The summed E-state index contributed by atoms with van der Waals surface area (Å²) in [6.07, 6.45) is 14.2. The summed E-state index contributed by atoms with van der Waals surface area (Å²) in [5.74, 6) is 6.58. The largest absolute Gasteiger partial charge is 0.392 e. The van der Waals surface area contributed by atoms with Gasteiger partial charge in [0.05, 0.1) is 6.10 Å². The molecule has 0 aliphatic heterocycles. The molecule has 0 amide bonds. The van der Waals surface area contributed by atoms with Crippen LogP contribution in [0.25, 0.3) is 0 Å². The lowest BCUT2D eigenvalue weighted by atomic mass is 9.43. The van der Waals surface area contributed by atoms with Gasteiger partial charge in [0.1, 0.15) is 0 Å². The number of rotatable bonds is 5. The second-order valence-corrected chi connectivity index (χ2v) is 13.5. The van der Waals surface area contributed by atoms with Crippen molar-refractivity contribution < 1.29 is 5.11 Å². The van der Waals surface area contributed by atoms with E-state index in [1.807, 2.05) is 0 Å². The van der Waals surface area contributed by atoms with Crippen LogP contribution in [-0.2, 0) is 0 Å². The Hall–Kier alpha value is -0.0400. The second-order valence-electron chi connectivity index (χ2n) is 13.5. The molecule has 0 aromatic carbocycles. The van der Waals surface area contributed by atoms with Crippen LogP contribution in [0.1, 0.15) is 106 Å². The van der Waals surface area contributed by atoms with Crippen LogP contribution in [0.15, 0.2) is 0 Å². The average molecular weight is 401 g/mol. The van der Waals surface area contributed by atoms with E-state index >= 15 is 0 Å². The van der Waals surface area contributed by atoms with E-state index in [9.17, 15) is 5.11 Å². The number of aliphatic hydroxyl groups is 1. The number of hydrogen-bond acceptors (Lipinski definition) is 1. The maximum absolute atomic E-state index is 11.6. The third kappa shape index (κ3) is 2.61. The van der Waals surface area contributed by atoms with E-state index in [0.29, 0.717) is 22.2 Å². The fraction of sp³-hybridized carbons (Fsp3) is 1.00. The first-order chi connectivity index (χ1) is 13.7. The van der Waals surface area contributed by atoms with Crippen LogP contribution in [0.4, 0.5) is 0 Å². The maximum atomic E-state index is 11.6. The molecule has 1 spiro atoms. The second kappa shape index (κ2) is 6.73. The van der Waals surface area contributed by atoms with E-state index in [1.54, 1.807) is 0 Å². The predicted octanol–water partition coefficient (Wildman–Crippen LogP) is 7.32. The fourth-order valence-corrected chi connectivity index (χ4v) is 10.7. The average Bonchev–Trinajstić information content (AvgIpc) is 3.19. The Bertz CT molecular complexity index is 640. The van der Waals surface area contributed by atoms with Crippen molar-refractivity contribution in [2.75, 3.05) is 0 Å². The fourth-order valence-electron chi connectivity index (χ4n) is 10.7. The van der Waals surface area contributed by atoms with Gasteiger partial charge < -0.3 is 5.11 Å². The van der Waals surface area contributed by atoms with E-state index in [2.05, 4.69) is 41.5 Å². The van der Waals surface area contributed by atoms with Crippen molar-refractivity contribution in [2.45, 2.75) is 112 Å². The minimum absolute atomic E-state index is 0.0221. The highest BCUT2D eigenvalue weighted by molar-refractivity contribution is 5.26. The predicted molar refractivity (Wildman–Crippen MR) is 121 cm³/mol. The van der Waals surface area contributed by atoms with Crippen LogP contribution >= 0.6 is 0 Å². The zero-order valence-corrected chi connectivity index (χ0v) is 20.2. The lowest BCUT2D eigenvalue weighted by Crippen LogP contribution is -2.60. The van der Waals surface area contributed by atoms with Crippen molar-refractivity contribution in [3.8, 4) is 0 Å². The van der Waals surface area contributed by atoms with Gasteiger partial charge in [0.15, 0.2) is 0 Å². The van der Waals surface area contributed by atoms with Gasteiger partial charge in [-0.2, -0.15) is 0 Å². The van der Waals surface area contributed by atoms with Gasteiger partial charge in [-0.15, -0.1) is 0 Å². The molecule has 1 heteroatoms. The number of fused-ring (bicyclic) bond motifs is 4. The molecule has 0 aromatic rings. The normalized spacial score (nSPS) is 56.5. The molecular formula is C28H48O. The molecule has 0 radical (unpaired) electrons. The Kier molecular flexibility index (Phi) is 4.83. The number of hydrogen-bond donors (Lipinski definition) is 1. The minimum atomic E-state index is -0.0221.